The molecule has 126 valence electrons. The van der Waals surface area contributed by atoms with E-state index >= 15 is 0 Å². The molecule has 0 aromatic heterocycles. The first kappa shape index (κ1) is 18.0. The van der Waals surface area contributed by atoms with E-state index in [0.29, 0.717) is 22.7 Å². The van der Waals surface area contributed by atoms with Crippen LogP contribution in [-0.4, -0.2) is 23.5 Å². The zero-order valence-corrected chi connectivity index (χ0v) is 14.0. The molecule has 6 heteroatoms. The van der Waals surface area contributed by atoms with Crippen molar-refractivity contribution in [3.63, 3.8) is 0 Å². The van der Waals surface area contributed by atoms with Gasteiger partial charge in [0.25, 0.3) is 0 Å². The van der Waals surface area contributed by atoms with Crippen molar-refractivity contribution in [1.82, 2.24) is 5.32 Å². The van der Waals surface area contributed by atoms with Gasteiger partial charge < -0.3 is 15.7 Å². The number of carbonyl (C=O) groups excluding carboxylic acids is 2. The number of aliphatic hydroxyl groups is 1. The summed E-state index contributed by atoms with van der Waals surface area (Å²) >= 11 is 5.97. The van der Waals surface area contributed by atoms with Crippen LogP contribution in [0.2, 0.25) is 5.02 Å². The number of hydrogen-bond acceptors (Lipinski definition) is 3. The lowest BCUT2D eigenvalue weighted by molar-refractivity contribution is -0.136. The number of halogens is 1. The second-order valence-electron chi connectivity index (χ2n) is 5.34. The lowest BCUT2D eigenvalue weighted by atomic mass is 10.1. The highest BCUT2D eigenvalue weighted by atomic mass is 35.5. The van der Waals surface area contributed by atoms with Crippen molar-refractivity contribution in [3.8, 4) is 0 Å². The van der Waals surface area contributed by atoms with Gasteiger partial charge in [-0.1, -0.05) is 48.0 Å². The number of rotatable bonds is 5. The van der Waals surface area contributed by atoms with E-state index in [1.54, 1.807) is 37.3 Å². The molecule has 0 aliphatic heterocycles. The van der Waals surface area contributed by atoms with Gasteiger partial charge in [0.2, 0.25) is 0 Å². The summed E-state index contributed by atoms with van der Waals surface area (Å²) in [6, 6.07) is 14.2. The molecule has 0 radical (unpaired) electrons. The fourth-order valence-electron chi connectivity index (χ4n) is 2.17. The summed E-state index contributed by atoms with van der Waals surface area (Å²) < 4.78 is 0. The van der Waals surface area contributed by atoms with Crippen molar-refractivity contribution < 1.29 is 14.7 Å². The molecular weight excluding hydrogens is 328 g/mol. The number of nitrogens with one attached hydrogen (secondary N) is 2. The summed E-state index contributed by atoms with van der Waals surface area (Å²) in [5.74, 6) is -1.52. The fourth-order valence-corrected chi connectivity index (χ4v) is 2.34. The van der Waals surface area contributed by atoms with E-state index < -0.39 is 17.9 Å². The molecule has 0 saturated heterocycles. The van der Waals surface area contributed by atoms with E-state index in [9.17, 15) is 14.7 Å². The Balaban J connectivity index is 1.82. The van der Waals surface area contributed by atoms with Crippen LogP contribution >= 0.6 is 11.6 Å². The van der Waals surface area contributed by atoms with Crippen molar-refractivity contribution in [2.75, 3.05) is 11.9 Å². The molecule has 0 aliphatic rings. The maximum absolute atomic E-state index is 11.9. The van der Waals surface area contributed by atoms with E-state index in [4.69, 9.17) is 11.6 Å². The summed E-state index contributed by atoms with van der Waals surface area (Å²) in [5, 5.41) is 15.5. The molecule has 1 atom stereocenters. The van der Waals surface area contributed by atoms with E-state index in [0.717, 1.165) is 5.56 Å². The van der Waals surface area contributed by atoms with Crippen molar-refractivity contribution in [2.45, 2.75) is 19.4 Å². The first-order chi connectivity index (χ1) is 11.5. The average molecular weight is 347 g/mol. The standard InChI is InChI=1S/C18H19ClN2O3/c1-12-14(19)8-5-9-15(12)21-18(24)17(23)20-11-10-16(22)13-6-3-2-4-7-13/h2-9,16,22H,10-11H2,1H3,(H,20,23)(H,21,24). The average Bonchev–Trinajstić information content (AvgIpc) is 2.59. The van der Waals surface area contributed by atoms with Gasteiger partial charge in [0.15, 0.2) is 0 Å². The van der Waals surface area contributed by atoms with Gasteiger partial charge in [0, 0.05) is 17.3 Å². The largest absolute Gasteiger partial charge is 0.388 e. The third-order valence-electron chi connectivity index (χ3n) is 3.61. The van der Waals surface area contributed by atoms with Crippen LogP contribution in [0.25, 0.3) is 0 Å². The van der Waals surface area contributed by atoms with Crippen molar-refractivity contribution in [1.29, 1.82) is 0 Å². The van der Waals surface area contributed by atoms with Gasteiger partial charge in [-0.05, 0) is 36.6 Å². The van der Waals surface area contributed by atoms with Crippen LogP contribution in [0.1, 0.15) is 23.7 Å². The summed E-state index contributed by atoms with van der Waals surface area (Å²) in [4.78, 5) is 23.7. The Morgan fingerprint density at radius 1 is 1.08 bits per heavy atom. The predicted molar refractivity (Wildman–Crippen MR) is 93.8 cm³/mol. The molecule has 1 unspecified atom stereocenters. The van der Waals surface area contributed by atoms with Gasteiger partial charge in [-0.25, -0.2) is 0 Å². The lowest BCUT2D eigenvalue weighted by Crippen LogP contribution is -2.36. The van der Waals surface area contributed by atoms with Gasteiger partial charge in [0.1, 0.15) is 0 Å². The van der Waals surface area contributed by atoms with E-state index in [1.165, 1.54) is 0 Å². The molecule has 2 rings (SSSR count). The molecule has 2 aromatic rings. The van der Waals surface area contributed by atoms with E-state index in [1.807, 2.05) is 18.2 Å². The summed E-state index contributed by atoms with van der Waals surface area (Å²) in [5.41, 5.74) is 1.96. The van der Waals surface area contributed by atoms with Gasteiger partial charge in [-0.2, -0.15) is 0 Å². The molecule has 0 fully saturated rings. The van der Waals surface area contributed by atoms with Crippen LogP contribution in [0.5, 0.6) is 0 Å². The Labute approximate surface area is 145 Å². The highest BCUT2D eigenvalue weighted by Gasteiger charge is 2.15. The van der Waals surface area contributed by atoms with Crippen LogP contribution in [0, 0.1) is 6.92 Å². The third-order valence-corrected chi connectivity index (χ3v) is 4.02. The molecule has 2 amide bonds. The SMILES string of the molecule is Cc1c(Cl)cccc1NC(=O)C(=O)NCCC(O)c1ccccc1. The van der Waals surface area contributed by atoms with Crippen LogP contribution in [0.3, 0.4) is 0 Å². The maximum Gasteiger partial charge on any atom is 0.313 e. The zero-order valence-electron chi connectivity index (χ0n) is 13.3. The van der Waals surface area contributed by atoms with Gasteiger partial charge in [-0.15, -0.1) is 0 Å². The first-order valence-corrected chi connectivity index (χ1v) is 7.94. The van der Waals surface area contributed by atoms with Crippen molar-refractivity contribution in [3.05, 3.63) is 64.7 Å². The minimum absolute atomic E-state index is 0.191. The molecule has 3 N–H and O–H groups in total. The molecule has 2 aromatic carbocycles. The highest BCUT2D eigenvalue weighted by molar-refractivity contribution is 6.40. The summed E-state index contributed by atoms with van der Waals surface area (Å²) in [6.07, 6.45) is -0.371. The Bertz CT molecular complexity index is 719. The van der Waals surface area contributed by atoms with E-state index in [-0.39, 0.29) is 6.54 Å². The molecule has 0 spiro atoms. The lowest BCUT2D eigenvalue weighted by Gasteiger charge is -2.12. The molecule has 0 bridgehead atoms. The number of carbonyl (C=O) groups is 2. The molecule has 0 heterocycles. The minimum atomic E-state index is -0.769. The van der Waals surface area contributed by atoms with E-state index in [2.05, 4.69) is 10.6 Å². The topological polar surface area (TPSA) is 78.4 Å². The van der Waals surface area contributed by atoms with Crippen molar-refractivity contribution >= 4 is 29.1 Å². The molecule has 24 heavy (non-hydrogen) atoms. The molecule has 0 aliphatic carbocycles. The fraction of sp³-hybridized carbons (Fsp3) is 0.222. The van der Waals surface area contributed by atoms with Gasteiger partial charge in [-0.3, -0.25) is 9.59 Å². The molecule has 0 saturated carbocycles. The van der Waals surface area contributed by atoms with Crippen LogP contribution in [0.4, 0.5) is 5.69 Å². The van der Waals surface area contributed by atoms with Gasteiger partial charge >= 0.3 is 11.8 Å². The number of amides is 2. The third kappa shape index (κ3) is 4.81. The van der Waals surface area contributed by atoms with Gasteiger partial charge in [0.05, 0.1) is 6.10 Å². The number of benzene rings is 2. The van der Waals surface area contributed by atoms with Crippen LogP contribution < -0.4 is 10.6 Å². The quantitative estimate of drug-likeness (QED) is 0.728. The molecule has 5 nitrogen and oxygen atoms in total. The highest BCUT2D eigenvalue weighted by Crippen LogP contribution is 2.22. The second-order valence-corrected chi connectivity index (χ2v) is 5.74. The number of hydrogen-bond donors (Lipinski definition) is 3. The maximum atomic E-state index is 11.9. The Hall–Kier alpha value is -2.37. The van der Waals surface area contributed by atoms with Crippen LogP contribution in [0.15, 0.2) is 48.5 Å². The van der Waals surface area contributed by atoms with Crippen LogP contribution in [-0.2, 0) is 9.59 Å². The Morgan fingerprint density at radius 3 is 2.50 bits per heavy atom. The predicted octanol–water partition coefficient (Wildman–Crippen LogP) is 2.83. The van der Waals surface area contributed by atoms with Crippen molar-refractivity contribution in [2.24, 2.45) is 0 Å². The summed E-state index contributed by atoms with van der Waals surface area (Å²) in [6.45, 7) is 1.95. The molecular formula is C18H19ClN2O3. The number of aliphatic hydroxyl groups excluding tert-OH is 1. The second kappa shape index (κ2) is 8.47. The number of anilines is 1. The smallest absolute Gasteiger partial charge is 0.313 e. The Kier molecular flexibility index (Phi) is 6.35. The monoisotopic (exact) mass is 346 g/mol. The minimum Gasteiger partial charge on any atom is -0.388 e. The normalized spacial score (nSPS) is 11.6. The Morgan fingerprint density at radius 2 is 1.79 bits per heavy atom. The summed E-state index contributed by atoms with van der Waals surface area (Å²) in [7, 11) is 0. The zero-order chi connectivity index (χ0) is 17.5. The first-order valence-electron chi connectivity index (χ1n) is 7.56.